The van der Waals surface area contributed by atoms with Gasteiger partial charge in [-0.15, -0.1) is 0 Å². The number of fused-ring (bicyclic) bond motifs is 1. The number of hydrogen-bond acceptors (Lipinski definition) is 6. The lowest BCUT2D eigenvalue weighted by molar-refractivity contribution is 0.143. The predicted octanol–water partition coefficient (Wildman–Crippen LogP) is 3.84. The molecule has 0 aliphatic heterocycles. The third kappa shape index (κ3) is 3.98. The number of H-pyrrole nitrogens is 1. The van der Waals surface area contributed by atoms with Crippen LogP contribution >= 0.6 is 0 Å². The Kier molecular flexibility index (Phi) is 4.96. The Morgan fingerprint density at radius 2 is 1.71 bits per heavy atom. The number of phenols is 1. The van der Waals surface area contributed by atoms with Crippen LogP contribution < -0.4 is 0 Å². The molecule has 31 heavy (non-hydrogen) atoms. The Morgan fingerprint density at radius 1 is 1.00 bits per heavy atom. The lowest BCUT2D eigenvalue weighted by Gasteiger charge is -2.10. The van der Waals surface area contributed by atoms with Crippen LogP contribution in [0.3, 0.4) is 0 Å². The summed E-state index contributed by atoms with van der Waals surface area (Å²) in [6.45, 7) is 8.89. The second-order valence-corrected chi connectivity index (χ2v) is 8.06. The number of rotatable bonds is 2. The molecule has 0 fully saturated rings. The van der Waals surface area contributed by atoms with Gasteiger partial charge in [0.05, 0.1) is 23.1 Å². The monoisotopic (exact) mass is 413 g/mol. The summed E-state index contributed by atoms with van der Waals surface area (Å²) in [4.78, 5) is 21.2. The van der Waals surface area contributed by atoms with E-state index in [0.717, 1.165) is 22.3 Å². The van der Waals surface area contributed by atoms with Crippen molar-refractivity contribution in [2.24, 2.45) is 0 Å². The van der Waals surface area contributed by atoms with Gasteiger partial charge in [0.15, 0.2) is 5.65 Å². The molecule has 0 aliphatic rings. The maximum absolute atomic E-state index is 10.2. The zero-order chi connectivity index (χ0) is 22.3. The number of aromatic nitrogens is 5. The van der Waals surface area contributed by atoms with Crippen molar-refractivity contribution in [3.8, 4) is 40.1 Å². The molecule has 0 aliphatic carbocycles. The van der Waals surface area contributed by atoms with Crippen molar-refractivity contribution in [2.75, 3.05) is 0 Å². The molecule has 0 atom stereocenters. The van der Waals surface area contributed by atoms with Crippen molar-refractivity contribution in [1.82, 2.24) is 24.9 Å². The summed E-state index contributed by atoms with van der Waals surface area (Å²) < 4.78 is 0. The van der Waals surface area contributed by atoms with E-state index < -0.39 is 5.60 Å². The van der Waals surface area contributed by atoms with E-state index in [0.29, 0.717) is 33.9 Å². The number of nitrogens with one attached hydrogen (secondary N) is 1. The minimum absolute atomic E-state index is 0.205. The van der Waals surface area contributed by atoms with Crippen LogP contribution in [-0.4, -0.2) is 40.7 Å². The SMILES string of the molecule is Cc1ncc(-c2[nH]c3ncc(-c4c(C)ccc(O)c4C)nc3c2C#CC(C)(C)O)cn1. The van der Waals surface area contributed by atoms with Gasteiger partial charge in [-0.2, -0.15) is 0 Å². The normalized spacial score (nSPS) is 11.4. The number of nitrogens with zero attached hydrogens (tertiary/aromatic N) is 4. The summed E-state index contributed by atoms with van der Waals surface area (Å²) >= 11 is 0. The van der Waals surface area contributed by atoms with Gasteiger partial charge in [0, 0.05) is 29.1 Å². The predicted molar refractivity (Wildman–Crippen MR) is 119 cm³/mol. The van der Waals surface area contributed by atoms with E-state index in [1.54, 1.807) is 38.5 Å². The van der Waals surface area contributed by atoms with Gasteiger partial charge >= 0.3 is 0 Å². The van der Waals surface area contributed by atoms with Crippen molar-refractivity contribution < 1.29 is 10.2 Å². The number of hydrogen-bond donors (Lipinski definition) is 3. The van der Waals surface area contributed by atoms with Gasteiger partial charge in [-0.25, -0.2) is 19.9 Å². The molecule has 4 aromatic rings. The molecule has 156 valence electrons. The topological polar surface area (TPSA) is 108 Å². The minimum Gasteiger partial charge on any atom is -0.508 e. The highest BCUT2D eigenvalue weighted by Crippen LogP contribution is 2.33. The Balaban J connectivity index is 2.00. The maximum atomic E-state index is 10.2. The first-order valence-corrected chi connectivity index (χ1v) is 9.87. The fraction of sp³-hybridized carbons (Fsp3) is 0.250. The number of aliphatic hydroxyl groups is 1. The molecule has 3 aromatic heterocycles. The summed E-state index contributed by atoms with van der Waals surface area (Å²) in [5, 5.41) is 20.3. The lowest BCUT2D eigenvalue weighted by Crippen LogP contribution is -2.14. The summed E-state index contributed by atoms with van der Waals surface area (Å²) in [5.74, 6) is 6.80. The van der Waals surface area contributed by atoms with E-state index in [4.69, 9.17) is 4.98 Å². The van der Waals surface area contributed by atoms with Crippen molar-refractivity contribution in [3.05, 3.63) is 53.2 Å². The fourth-order valence-electron chi connectivity index (χ4n) is 3.38. The van der Waals surface area contributed by atoms with Gasteiger partial charge in [0.25, 0.3) is 0 Å². The summed E-state index contributed by atoms with van der Waals surface area (Å²) in [5.41, 5.74) is 5.19. The molecule has 0 saturated carbocycles. The van der Waals surface area contributed by atoms with Crippen molar-refractivity contribution in [1.29, 1.82) is 0 Å². The molecule has 4 rings (SSSR count). The molecule has 0 spiro atoms. The largest absolute Gasteiger partial charge is 0.508 e. The van der Waals surface area contributed by atoms with Crippen LogP contribution in [0.2, 0.25) is 0 Å². The highest BCUT2D eigenvalue weighted by Gasteiger charge is 2.18. The quantitative estimate of drug-likeness (QED) is 0.431. The molecule has 3 N–H and O–H groups in total. The van der Waals surface area contributed by atoms with Gasteiger partial charge in [-0.1, -0.05) is 17.9 Å². The minimum atomic E-state index is -1.17. The van der Waals surface area contributed by atoms with Crippen LogP contribution in [0.5, 0.6) is 5.75 Å². The van der Waals surface area contributed by atoms with Crippen molar-refractivity contribution in [3.63, 3.8) is 0 Å². The first kappa shape index (κ1) is 20.5. The Labute approximate surface area is 180 Å². The highest BCUT2D eigenvalue weighted by molar-refractivity contribution is 5.90. The number of benzene rings is 1. The molecule has 0 unspecified atom stereocenters. The van der Waals surface area contributed by atoms with Crippen molar-refractivity contribution >= 4 is 11.2 Å². The van der Waals surface area contributed by atoms with Gasteiger partial charge in [-0.3, -0.25) is 0 Å². The van der Waals surface area contributed by atoms with E-state index in [9.17, 15) is 10.2 Å². The van der Waals surface area contributed by atoms with Crippen LogP contribution in [0.15, 0.2) is 30.7 Å². The average Bonchev–Trinajstić information content (AvgIpc) is 3.07. The van der Waals surface area contributed by atoms with E-state index in [1.807, 2.05) is 26.8 Å². The maximum Gasteiger partial charge on any atom is 0.157 e. The zero-order valence-electron chi connectivity index (χ0n) is 18.1. The van der Waals surface area contributed by atoms with E-state index >= 15 is 0 Å². The van der Waals surface area contributed by atoms with Crippen LogP contribution in [-0.2, 0) is 0 Å². The van der Waals surface area contributed by atoms with E-state index in [1.165, 1.54) is 0 Å². The Hall–Kier alpha value is -3.76. The first-order chi connectivity index (χ1) is 14.6. The third-order valence-corrected chi connectivity index (χ3v) is 4.97. The number of aromatic amines is 1. The molecule has 0 saturated heterocycles. The summed E-state index contributed by atoms with van der Waals surface area (Å²) in [7, 11) is 0. The molecule has 0 radical (unpaired) electrons. The third-order valence-electron chi connectivity index (χ3n) is 4.97. The second kappa shape index (κ2) is 7.49. The van der Waals surface area contributed by atoms with Gasteiger partial charge in [0.1, 0.15) is 22.7 Å². The first-order valence-electron chi connectivity index (χ1n) is 9.87. The molecule has 7 nitrogen and oxygen atoms in total. The van der Waals surface area contributed by atoms with E-state index in [-0.39, 0.29) is 5.75 Å². The van der Waals surface area contributed by atoms with Gasteiger partial charge in [-0.05, 0) is 46.2 Å². The molecule has 3 heterocycles. The second-order valence-electron chi connectivity index (χ2n) is 8.06. The highest BCUT2D eigenvalue weighted by atomic mass is 16.3. The van der Waals surface area contributed by atoms with Crippen LogP contribution in [0.25, 0.3) is 33.7 Å². The zero-order valence-corrected chi connectivity index (χ0v) is 18.1. The molecule has 7 heteroatoms. The Bertz CT molecular complexity index is 1350. The van der Waals surface area contributed by atoms with Gasteiger partial charge < -0.3 is 15.2 Å². The number of phenolic OH excluding ortho intramolecular Hbond substituents is 1. The van der Waals surface area contributed by atoms with Crippen LogP contribution in [0.1, 0.15) is 36.4 Å². The van der Waals surface area contributed by atoms with Crippen molar-refractivity contribution in [2.45, 2.75) is 40.2 Å². The van der Waals surface area contributed by atoms with E-state index in [2.05, 4.69) is 31.8 Å². The standard InChI is InChI=1S/C24H23N5O2/c1-13-6-7-19(30)14(2)20(13)18-12-27-23-22(28-18)17(8-9-24(4,5)31)21(29-23)16-10-25-15(3)26-11-16/h6-7,10-12,30-31H,1-5H3,(H,27,29). The van der Waals surface area contributed by atoms with Crippen LogP contribution in [0, 0.1) is 32.6 Å². The Morgan fingerprint density at radius 3 is 2.39 bits per heavy atom. The summed E-state index contributed by atoms with van der Waals surface area (Å²) in [6.07, 6.45) is 5.11. The number of aryl methyl sites for hydroxylation is 2. The van der Waals surface area contributed by atoms with Gasteiger partial charge in [0.2, 0.25) is 0 Å². The molecule has 1 aromatic carbocycles. The molecule has 0 amide bonds. The fourth-order valence-corrected chi connectivity index (χ4v) is 3.38. The molecular formula is C24H23N5O2. The average molecular weight is 413 g/mol. The summed E-state index contributed by atoms with van der Waals surface area (Å²) in [6, 6.07) is 3.52. The smallest absolute Gasteiger partial charge is 0.157 e. The van der Waals surface area contributed by atoms with Crippen LogP contribution in [0.4, 0.5) is 0 Å². The number of aromatic hydroxyl groups is 1. The molecular weight excluding hydrogens is 390 g/mol. The molecule has 0 bridgehead atoms. The lowest BCUT2D eigenvalue weighted by atomic mass is 9.99.